The minimum Gasteiger partial charge on any atom is -0.289 e. The molecule has 0 aliphatic heterocycles. The van der Waals surface area contributed by atoms with Crippen molar-refractivity contribution in [3.05, 3.63) is 59.2 Å². The Morgan fingerprint density at radius 1 is 1.26 bits per heavy atom. The quantitative estimate of drug-likeness (QED) is 0.552. The first-order valence-electron chi connectivity index (χ1n) is 7.93. The Balaban J connectivity index is 1.66. The third-order valence-corrected chi connectivity index (χ3v) is 4.45. The lowest BCUT2D eigenvalue weighted by molar-refractivity contribution is 0.104. The molecule has 0 bridgehead atoms. The molecule has 5 heteroatoms. The van der Waals surface area contributed by atoms with Crippen molar-refractivity contribution in [3.63, 3.8) is 0 Å². The van der Waals surface area contributed by atoms with Crippen LogP contribution in [0.5, 0.6) is 0 Å². The Morgan fingerprint density at radius 2 is 2.13 bits per heavy atom. The summed E-state index contributed by atoms with van der Waals surface area (Å²) in [7, 11) is 1.94. The number of carbonyl (C=O) groups is 1. The van der Waals surface area contributed by atoms with E-state index < -0.39 is 0 Å². The molecule has 3 aromatic heterocycles. The number of aryl methyl sites for hydroxylation is 2. The SMILES string of the molecule is Cn1nc2c(c1C=CC(=O)c1cnn3ccccc13)CCCC2. The second kappa shape index (κ2) is 5.50. The molecule has 0 amide bonds. The van der Waals surface area contributed by atoms with Crippen LogP contribution in [0.4, 0.5) is 0 Å². The molecule has 0 saturated carbocycles. The molecule has 0 N–H and O–H groups in total. The van der Waals surface area contributed by atoms with E-state index in [4.69, 9.17) is 0 Å². The molecule has 116 valence electrons. The standard InChI is InChI=1S/C18H18N4O/c1-21-16(13-6-2-3-7-15(13)20-21)9-10-18(23)14-12-19-22-11-5-4-8-17(14)22/h4-5,8-12H,2-3,6-7H2,1H3. The zero-order valence-corrected chi connectivity index (χ0v) is 13.1. The number of aromatic nitrogens is 4. The van der Waals surface area contributed by atoms with Gasteiger partial charge in [-0.2, -0.15) is 10.2 Å². The second-order valence-corrected chi connectivity index (χ2v) is 5.93. The Kier molecular flexibility index (Phi) is 3.33. The maximum atomic E-state index is 12.5. The number of carbonyl (C=O) groups excluding carboxylic acids is 1. The smallest absolute Gasteiger partial charge is 0.189 e. The highest BCUT2D eigenvalue weighted by Gasteiger charge is 2.18. The highest BCUT2D eigenvalue weighted by molar-refractivity contribution is 6.11. The molecule has 3 heterocycles. The lowest BCUT2D eigenvalue weighted by Gasteiger charge is -2.09. The number of nitrogens with zero attached hydrogens (tertiary/aromatic N) is 4. The first-order chi connectivity index (χ1) is 11.2. The van der Waals surface area contributed by atoms with Crippen LogP contribution in [0.2, 0.25) is 0 Å². The van der Waals surface area contributed by atoms with Gasteiger partial charge in [0.25, 0.3) is 0 Å². The summed E-state index contributed by atoms with van der Waals surface area (Å²) >= 11 is 0. The minimum absolute atomic E-state index is 0.0306. The molecule has 0 atom stereocenters. The summed E-state index contributed by atoms with van der Waals surface area (Å²) in [4.78, 5) is 12.5. The Hall–Kier alpha value is -2.69. The number of pyridine rings is 1. The molecule has 0 unspecified atom stereocenters. The number of allylic oxidation sites excluding steroid dienone is 1. The van der Waals surface area contributed by atoms with Gasteiger partial charge in [0.15, 0.2) is 5.78 Å². The van der Waals surface area contributed by atoms with E-state index in [1.807, 2.05) is 42.2 Å². The van der Waals surface area contributed by atoms with E-state index in [0.717, 1.165) is 24.1 Å². The Labute approximate surface area is 134 Å². The third kappa shape index (κ3) is 2.38. The van der Waals surface area contributed by atoms with Gasteiger partial charge in [-0.3, -0.25) is 9.48 Å². The average Bonchev–Trinajstić information content (AvgIpc) is 3.13. The van der Waals surface area contributed by atoms with Crippen molar-refractivity contribution in [2.45, 2.75) is 25.7 Å². The van der Waals surface area contributed by atoms with Crippen molar-refractivity contribution in [1.82, 2.24) is 19.4 Å². The Bertz CT molecular complexity index is 916. The van der Waals surface area contributed by atoms with Gasteiger partial charge in [0, 0.05) is 18.8 Å². The summed E-state index contributed by atoms with van der Waals surface area (Å²) in [5.74, 6) is -0.0306. The van der Waals surface area contributed by atoms with E-state index in [-0.39, 0.29) is 5.78 Å². The fourth-order valence-electron chi connectivity index (χ4n) is 3.28. The van der Waals surface area contributed by atoms with Gasteiger partial charge in [0.1, 0.15) is 0 Å². The molecule has 0 aromatic carbocycles. The van der Waals surface area contributed by atoms with Crippen molar-refractivity contribution >= 4 is 17.4 Å². The van der Waals surface area contributed by atoms with Gasteiger partial charge in [0.05, 0.1) is 28.7 Å². The van der Waals surface area contributed by atoms with Crippen LogP contribution < -0.4 is 0 Å². The average molecular weight is 306 g/mol. The summed E-state index contributed by atoms with van der Waals surface area (Å²) < 4.78 is 3.60. The topological polar surface area (TPSA) is 52.2 Å². The van der Waals surface area contributed by atoms with Crippen LogP contribution in [-0.4, -0.2) is 25.2 Å². The van der Waals surface area contributed by atoms with Crippen LogP contribution >= 0.6 is 0 Å². The molecule has 5 nitrogen and oxygen atoms in total. The van der Waals surface area contributed by atoms with Gasteiger partial charge in [-0.1, -0.05) is 6.07 Å². The van der Waals surface area contributed by atoms with E-state index >= 15 is 0 Å². The first kappa shape index (κ1) is 13.9. The predicted molar refractivity (Wildman–Crippen MR) is 88.4 cm³/mol. The van der Waals surface area contributed by atoms with E-state index in [2.05, 4.69) is 10.2 Å². The van der Waals surface area contributed by atoms with Crippen molar-refractivity contribution < 1.29 is 4.79 Å². The van der Waals surface area contributed by atoms with Crippen molar-refractivity contribution in [2.75, 3.05) is 0 Å². The monoisotopic (exact) mass is 306 g/mol. The van der Waals surface area contributed by atoms with Gasteiger partial charge in [-0.15, -0.1) is 0 Å². The maximum absolute atomic E-state index is 12.5. The lowest BCUT2D eigenvalue weighted by atomic mass is 9.95. The molecule has 0 radical (unpaired) electrons. The van der Waals surface area contributed by atoms with Crippen molar-refractivity contribution in [2.24, 2.45) is 7.05 Å². The van der Waals surface area contributed by atoms with Gasteiger partial charge in [-0.05, 0) is 50.0 Å². The third-order valence-electron chi connectivity index (χ3n) is 4.45. The number of rotatable bonds is 3. The summed E-state index contributed by atoms with van der Waals surface area (Å²) in [6, 6.07) is 5.71. The zero-order chi connectivity index (χ0) is 15.8. The van der Waals surface area contributed by atoms with E-state index in [1.165, 1.54) is 24.1 Å². The summed E-state index contributed by atoms with van der Waals surface area (Å²) in [6.45, 7) is 0. The van der Waals surface area contributed by atoms with Crippen molar-refractivity contribution in [1.29, 1.82) is 0 Å². The second-order valence-electron chi connectivity index (χ2n) is 5.93. The highest BCUT2D eigenvalue weighted by Crippen LogP contribution is 2.24. The van der Waals surface area contributed by atoms with Crippen LogP contribution in [0.3, 0.4) is 0 Å². The molecule has 1 aliphatic carbocycles. The van der Waals surface area contributed by atoms with E-state index in [1.54, 1.807) is 16.8 Å². The van der Waals surface area contributed by atoms with Gasteiger partial charge in [-0.25, -0.2) is 4.52 Å². The molecular formula is C18H18N4O. The summed E-state index contributed by atoms with van der Waals surface area (Å²) in [5, 5.41) is 8.80. The Morgan fingerprint density at radius 3 is 3.04 bits per heavy atom. The fourth-order valence-corrected chi connectivity index (χ4v) is 3.28. The minimum atomic E-state index is -0.0306. The molecule has 4 rings (SSSR count). The molecule has 3 aromatic rings. The fraction of sp³-hybridized carbons (Fsp3) is 0.278. The van der Waals surface area contributed by atoms with Crippen LogP contribution in [0.1, 0.15) is 40.2 Å². The van der Waals surface area contributed by atoms with Gasteiger partial charge >= 0.3 is 0 Å². The van der Waals surface area contributed by atoms with Gasteiger partial charge < -0.3 is 0 Å². The molecule has 23 heavy (non-hydrogen) atoms. The molecule has 0 fully saturated rings. The molecule has 0 spiro atoms. The van der Waals surface area contributed by atoms with Crippen LogP contribution in [-0.2, 0) is 19.9 Å². The number of fused-ring (bicyclic) bond motifs is 2. The number of ketones is 1. The first-order valence-corrected chi connectivity index (χ1v) is 7.93. The van der Waals surface area contributed by atoms with Gasteiger partial charge in [0.2, 0.25) is 0 Å². The summed E-state index contributed by atoms with van der Waals surface area (Å²) in [6.07, 6.45) is 11.5. The normalized spacial score (nSPS) is 14.5. The molecule has 1 aliphatic rings. The number of hydrogen-bond acceptors (Lipinski definition) is 3. The zero-order valence-electron chi connectivity index (χ0n) is 13.1. The van der Waals surface area contributed by atoms with Crippen LogP contribution in [0.25, 0.3) is 11.6 Å². The largest absolute Gasteiger partial charge is 0.289 e. The van der Waals surface area contributed by atoms with Crippen molar-refractivity contribution in [3.8, 4) is 0 Å². The van der Waals surface area contributed by atoms with E-state index in [0.29, 0.717) is 5.56 Å². The maximum Gasteiger partial charge on any atom is 0.189 e. The summed E-state index contributed by atoms with van der Waals surface area (Å²) in [5.41, 5.74) is 4.97. The van der Waals surface area contributed by atoms with Crippen LogP contribution in [0.15, 0.2) is 36.7 Å². The molecular weight excluding hydrogens is 288 g/mol. The highest BCUT2D eigenvalue weighted by atomic mass is 16.1. The van der Waals surface area contributed by atoms with E-state index in [9.17, 15) is 4.79 Å². The number of hydrogen-bond donors (Lipinski definition) is 0. The molecule has 0 saturated heterocycles. The predicted octanol–water partition coefficient (Wildman–Crippen LogP) is 2.84. The van der Waals surface area contributed by atoms with Crippen LogP contribution in [0, 0.1) is 0 Å². The lowest BCUT2D eigenvalue weighted by Crippen LogP contribution is -2.01.